The van der Waals surface area contributed by atoms with Crippen molar-refractivity contribution in [3.63, 3.8) is 0 Å². The molecule has 4 rings (SSSR count). The minimum atomic E-state index is -0.558. The average Bonchev–Trinajstić information content (AvgIpc) is 3.50. The largest absolute Gasteiger partial charge is 0.459 e. The Morgan fingerprint density at radius 1 is 1.03 bits per heavy atom. The maximum absolute atomic E-state index is 12.8. The summed E-state index contributed by atoms with van der Waals surface area (Å²) in [6.07, 6.45) is 2.78. The Hall–Kier alpha value is -3.39. The van der Waals surface area contributed by atoms with Gasteiger partial charge in [-0.25, -0.2) is 0 Å². The second-order valence-electron chi connectivity index (χ2n) is 6.64. The van der Waals surface area contributed by atoms with Crippen molar-refractivity contribution in [1.82, 2.24) is 4.90 Å². The quantitative estimate of drug-likeness (QED) is 0.670. The molecular formula is C21H19N3O4S. The van der Waals surface area contributed by atoms with Crippen LogP contribution in [0.4, 0.5) is 11.4 Å². The topological polar surface area (TPSA) is 91.7 Å². The highest BCUT2D eigenvalue weighted by Gasteiger charge is 2.35. The molecule has 8 heteroatoms. The van der Waals surface area contributed by atoms with Gasteiger partial charge in [0.05, 0.1) is 11.1 Å². The summed E-state index contributed by atoms with van der Waals surface area (Å²) in [5.74, 6) is -0.522. The molecule has 2 aromatic heterocycles. The van der Waals surface area contributed by atoms with Crippen molar-refractivity contribution in [1.29, 1.82) is 0 Å². The molecule has 1 aliphatic heterocycles. The van der Waals surface area contributed by atoms with Crippen LogP contribution in [0.25, 0.3) is 0 Å². The lowest BCUT2D eigenvalue weighted by Crippen LogP contribution is -2.43. The van der Waals surface area contributed by atoms with E-state index in [1.807, 2.05) is 11.4 Å². The molecule has 1 unspecified atom stereocenters. The van der Waals surface area contributed by atoms with Crippen LogP contribution in [-0.2, 0) is 4.79 Å². The van der Waals surface area contributed by atoms with Gasteiger partial charge >= 0.3 is 0 Å². The number of likely N-dealkylation sites (tertiary alicyclic amines) is 1. The first kappa shape index (κ1) is 18.9. The normalized spacial score (nSPS) is 15.9. The number of rotatable bonds is 5. The molecule has 148 valence electrons. The number of furan rings is 1. The molecule has 0 radical (unpaired) electrons. The van der Waals surface area contributed by atoms with Gasteiger partial charge < -0.3 is 20.0 Å². The number of nitrogens with one attached hydrogen (secondary N) is 2. The zero-order valence-corrected chi connectivity index (χ0v) is 16.3. The van der Waals surface area contributed by atoms with E-state index in [0.717, 1.165) is 6.42 Å². The smallest absolute Gasteiger partial charge is 0.290 e. The highest BCUT2D eigenvalue weighted by molar-refractivity contribution is 7.12. The van der Waals surface area contributed by atoms with Crippen molar-refractivity contribution >= 4 is 40.4 Å². The zero-order valence-electron chi connectivity index (χ0n) is 15.5. The number of benzene rings is 1. The number of carbonyl (C=O) groups is 3. The van der Waals surface area contributed by atoms with Crippen molar-refractivity contribution in [2.45, 2.75) is 18.9 Å². The van der Waals surface area contributed by atoms with Gasteiger partial charge in [0, 0.05) is 17.9 Å². The Morgan fingerprint density at radius 2 is 1.86 bits per heavy atom. The maximum atomic E-state index is 12.8. The van der Waals surface area contributed by atoms with E-state index in [-0.39, 0.29) is 23.5 Å². The lowest BCUT2D eigenvalue weighted by atomic mass is 10.2. The standard InChI is InChI=1S/C21H19N3O4S/c25-19(16-7-2-10-24(16)21(27)17-8-3-11-28-17)22-14-5-1-6-15(13-14)23-20(26)18-9-4-12-29-18/h1,3-6,8-9,11-13,16H,2,7,10H2,(H,22,25)(H,23,26). The summed E-state index contributed by atoms with van der Waals surface area (Å²) >= 11 is 1.36. The maximum Gasteiger partial charge on any atom is 0.290 e. The van der Waals surface area contributed by atoms with Crippen molar-refractivity contribution in [3.05, 3.63) is 70.8 Å². The molecule has 0 saturated carbocycles. The van der Waals surface area contributed by atoms with Crippen LogP contribution < -0.4 is 10.6 Å². The molecule has 3 aromatic rings. The predicted molar refractivity (Wildman–Crippen MR) is 110 cm³/mol. The average molecular weight is 409 g/mol. The van der Waals surface area contributed by atoms with Crippen LogP contribution in [0.5, 0.6) is 0 Å². The van der Waals surface area contributed by atoms with Crippen LogP contribution in [0.3, 0.4) is 0 Å². The first-order valence-electron chi connectivity index (χ1n) is 9.22. The fourth-order valence-corrected chi connectivity index (χ4v) is 3.94. The van der Waals surface area contributed by atoms with Crippen LogP contribution in [0.1, 0.15) is 33.1 Å². The third-order valence-electron chi connectivity index (χ3n) is 4.68. The molecule has 29 heavy (non-hydrogen) atoms. The van der Waals surface area contributed by atoms with Gasteiger partial charge in [-0.15, -0.1) is 11.3 Å². The molecular weight excluding hydrogens is 390 g/mol. The molecule has 1 atom stereocenters. The van der Waals surface area contributed by atoms with Gasteiger partial charge in [-0.1, -0.05) is 12.1 Å². The molecule has 3 heterocycles. The summed E-state index contributed by atoms with van der Waals surface area (Å²) in [5.41, 5.74) is 1.13. The van der Waals surface area contributed by atoms with Crippen LogP contribution in [0, 0.1) is 0 Å². The van der Waals surface area contributed by atoms with Gasteiger partial charge in [-0.05, 0) is 54.6 Å². The Kier molecular flexibility index (Phi) is 5.44. The SMILES string of the molecule is O=C(Nc1cccc(NC(=O)C2CCCN2C(=O)c2ccco2)c1)c1cccs1. The molecule has 3 amide bonds. The van der Waals surface area contributed by atoms with E-state index < -0.39 is 6.04 Å². The Labute approximate surface area is 171 Å². The number of carbonyl (C=O) groups excluding carboxylic acids is 3. The number of amides is 3. The second-order valence-corrected chi connectivity index (χ2v) is 7.58. The van der Waals surface area contributed by atoms with E-state index in [1.54, 1.807) is 42.5 Å². The van der Waals surface area contributed by atoms with Gasteiger partial charge in [0.1, 0.15) is 6.04 Å². The lowest BCUT2D eigenvalue weighted by molar-refractivity contribution is -0.119. The fraction of sp³-hybridized carbons (Fsp3) is 0.190. The first-order valence-corrected chi connectivity index (χ1v) is 10.1. The Morgan fingerprint density at radius 3 is 2.59 bits per heavy atom. The molecule has 1 aliphatic rings. The van der Waals surface area contributed by atoms with E-state index in [0.29, 0.717) is 29.2 Å². The van der Waals surface area contributed by atoms with Crippen molar-refractivity contribution in [2.24, 2.45) is 0 Å². The summed E-state index contributed by atoms with van der Waals surface area (Å²) in [5, 5.41) is 7.50. The highest BCUT2D eigenvalue weighted by atomic mass is 32.1. The number of nitrogens with zero attached hydrogens (tertiary/aromatic N) is 1. The number of thiophene rings is 1. The van der Waals surface area contributed by atoms with Gasteiger partial charge in [-0.3, -0.25) is 14.4 Å². The number of anilines is 2. The first-order chi connectivity index (χ1) is 14.1. The molecule has 1 saturated heterocycles. The third kappa shape index (κ3) is 4.22. The van der Waals surface area contributed by atoms with E-state index in [1.165, 1.54) is 22.5 Å². The van der Waals surface area contributed by atoms with E-state index in [4.69, 9.17) is 4.42 Å². The molecule has 1 fully saturated rings. The monoisotopic (exact) mass is 409 g/mol. The summed E-state index contributed by atoms with van der Waals surface area (Å²) in [7, 11) is 0. The van der Waals surface area contributed by atoms with Gasteiger partial charge in [0.25, 0.3) is 11.8 Å². The van der Waals surface area contributed by atoms with E-state index in [9.17, 15) is 14.4 Å². The van der Waals surface area contributed by atoms with Gasteiger partial charge in [-0.2, -0.15) is 0 Å². The van der Waals surface area contributed by atoms with E-state index >= 15 is 0 Å². The fourth-order valence-electron chi connectivity index (χ4n) is 3.32. The summed E-state index contributed by atoms with van der Waals surface area (Å²) < 4.78 is 5.18. The second kappa shape index (κ2) is 8.32. The van der Waals surface area contributed by atoms with Gasteiger partial charge in [0.15, 0.2) is 5.76 Å². The molecule has 0 aliphatic carbocycles. The van der Waals surface area contributed by atoms with Crippen LogP contribution in [-0.4, -0.2) is 35.2 Å². The Bertz CT molecular complexity index is 1010. The summed E-state index contributed by atoms with van der Waals surface area (Å²) in [6.45, 7) is 0.508. The Balaban J connectivity index is 1.43. The van der Waals surface area contributed by atoms with E-state index in [2.05, 4.69) is 10.6 Å². The third-order valence-corrected chi connectivity index (χ3v) is 5.55. The minimum Gasteiger partial charge on any atom is -0.459 e. The predicted octanol–water partition coefficient (Wildman–Crippen LogP) is 3.84. The summed E-state index contributed by atoms with van der Waals surface area (Å²) in [4.78, 5) is 39.7. The number of hydrogen-bond acceptors (Lipinski definition) is 5. The number of hydrogen-bond donors (Lipinski definition) is 2. The molecule has 2 N–H and O–H groups in total. The van der Waals surface area contributed by atoms with Crippen molar-refractivity contribution in [2.75, 3.05) is 17.2 Å². The highest BCUT2D eigenvalue weighted by Crippen LogP contribution is 2.23. The van der Waals surface area contributed by atoms with Gasteiger partial charge in [0.2, 0.25) is 5.91 Å². The minimum absolute atomic E-state index is 0.200. The van der Waals surface area contributed by atoms with Crippen molar-refractivity contribution < 1.29 is 18.8 Å². The van der Waals surface area contributed by atoms with Crippen LogP contribution in [0.15, 0.2) is 64.6 Å². The molecule has 1 aromatic carbocycles. The van der Waals surface area contributed by atoms with Crippen LogP contribution >= 0.6 is 11.3 Å². The molecule has 7 nitrogen and oxygen atoms in total. The molecule has 0 bridgehead atoms. The lowest BCUT2D eigenvalue weighted by Gasteiger charge is -2.23. The summed E-state index contributed by atoms with van der Waals surface area (Å²) in [6, 6.07) is 13.2. The van der Waals surface area contributed by atoms with Crippen LogP contribution in [0.2, 0.25) is 0 Å². The van der Waals surface area contributed by atoms with Crippen molar-refractivity contribution in [3.8, 4) is 0 Å². The zero-order chi connectivity index (χ0) is 20.2. The molecule has 0 spiro atoms.